The van der Waals surface area contributed by atoms with Gasteiger partial charge >= 0.3 is 0 Å². The summed E-state index contributed by atoms with van der Waals surface area (Å²) in [5.74, 6) is 1.12. The third kappa shape index (κ3) is 4.03. The van der Waals surface area contributed by atoms with Crippen LogP contribution in [-0.4, -0.2) is 36.3 Å². The summed E-state index contributed by atoms with van der Waals surface area (Å²) in [6.45, 7) is 5.14. The monoisotopic (exact) mass is 387 g/mol. The highest BCUT2D eigenvalue weighted by atomic mass is 35.5. The summed E-state index contributed by atoms with van der Waals surface area (Å²) in [4.78, 5) is 10.9. The van der Waals surface area contributed by atoms with Gasteiger partial charge in [0.15, 0.2) is 0 Å². The Bertz CT molecular complexity index is 789. The van der Waals surface area contributed by atoms with E-state index in [1.807, 2.05) is 13.0 Å². The van der Waals surface area contributed by atoms with E-state index in [1.165, 1.54) is 12.0 Å². The Morgan fingerprint density at radius 2 is 2.15 bits per heavy atom. The van der Waals surface area contributed by atoms with Crippen molar-refractivity contribution < 1.29 is 4.74 Å². The van der Waals surface area contributed by atoms with Gasteiger partial charge in [-0.15, -0.1) is 0 Å². The first-order valence-corrected chi connectivity index (χ1v) is 9.98. The molecule has 0 spiro atoms. The van der Waals surface area contributed by atoms with Gasteiger partial charge in [-0.3, -0.25) is 0 Å². The number of nitrogen functional groups attached to an aromatic ring is 1. The molecule has 2 atom stereocenters. The van der Waals surface area contributed by atoms with Crippen molar-refractivity contribution in [1.29, 1.82) is 0 Å². The number of ether oxygens (including phenoxy) is 1. The molecule has 4 rings (SSSR count). The average molecular weight is 388 g/mol. The molecule has 2 aliphatic rings. The summed E-state index contributed by atoms with van der Waals surface area (Å²) in [7, 11) is 0. The van der Waals surface area contributed by atoms with Crippen LogP contribution in [0.25, 0.3) is 0 Å². The number of rotatable bonds is 3. The number of nitrogens with zero attached hydrogens (tertiary/aromatic N) is 3. The van der Waals surface area contributed by atoms with E-state index in [4.69, 9.17) is 22.1 Å². The van der Waals surface area contributed by atoms with Gasteiger partial charge in [0, 0.05) is 36.0 Å². The Balaban J connectivity index is 1.68. The van der Waals surface area contributed by atoms with Gasteiger partial charge < -0.3 is 20.7 Å². The molecule has 0 unspecified atom stereocenters. The van der Waals surface area contributed by atoms with Crippen molar-refractivity contribution in [2.24, 2.45) is 0 Å². The second-order valence-corrected chi connectivity index (χ2v) is 7.70. The Labute approximate surface area is 165 Å². The van der Waals surface area contributed by atoms with Gasteiger partial charge in [-0.1, -0.05) is 23.7 Å². The molecule has 0 bridgehead atoms. The number of benzene rings is 1. The van der Waals surface area contributed by atoms with Gasteiger partial charge in [0.25, 0.3) is 0 Å². The molecule has 0 radical (unpaired) electrons. The molecule has 0 amide bonds. The highest BCUT2D eigenvalue weighted by molar-refractivity contribution is 6.31. The second-order valence-electron chi connectivity index (χ2n) is 7.29. The van der Waals surface area contributed by atoms with Crippen LogP contribution in [0.3, 0.4) is 0 Å². The number of aryl methyl sites for hydroxylation is 1. The quantitative estimate of drug-likeness (QED) is 0.840. The van der Waals surface area contributed by atoms with Crippen LogP contribution < -0.4 is 16.0 Å². The summed E-state index contributed by atoms with van der Waals surface area (Å²) < 4.78 is 5.87. The lowest BCUT2D eigenvalue weighted by Crippen LogP contribution is -2.32. The lowest BCUT2D eigenvalue weighted by atomic mass is 9.99. The van der Waals surface area contributed by atoms with Crippen LogP contribution in [0.15, 0.2) is 24.3 Å². The molecule has 0 aliphatic carbocycles. The molecule has 1 aromatic heterocycles. The van der Waals surface area contributed by atoms with Crippen LogP contribution in [0.4, 0.5) is 11.8 Å². The molecule has 2 aromatic rings. The first kappa shape index (κ1) is 18.5. The molecule has 27 heavy (non-hydrogen) atoms. The molecule has 2 fully saturated rings. The maximum absolute atomic E-state index is 6.74. The minimum Gasteiger partial charge on any atom is -0.379 e. The molecular formula is C20H26ClN5O. The van der Waals surface area contributed by atoms with E-state index in [0.717, 1.165) is 54.6 Å². The standard InChI is InChI=1S/C20H26ClN5O/c1-13-10-19(25-20(22)24-13)26-8-3-9-27-12-18(26)15-6-5-14(11-16(15)21)17-4-2-7-23-17/h5-6,10-11,17-18,23H,2-4,7-9,12H2,1H3,(H2,22,24,25)/t17-,18+/m0/s1. The zero-order chi connectivity index (χ0) is 18.8. The highest BCUT2D eigenvalue weighted by Crippen LogP contribution is 2.35. The lowest BCUT2D eigenvalue weighted by molar-refractivity contribution is 0.134. The van der Waals surface area contributed by atoms with Crippen LogP contribution in [0.2, 0.25) is 5.02 Å². The molecule has 6 nitrogen and oxygen atoms in total. The third-order valence-electron chi connectivity index (χ3n) is 5.34. The Hall–Kier alpha value is -1.89. The molecule has 2 aliphatic heterocycles. The summed E-state index contributed by atoms with van der Waals surface area (Å²) >= 11 is 6.74. The maximum Gasteiger partial charge on any atom is 0.222 e. The molecule has 3 heterocycles. The molecular weight excluding hydrogens is 362 g/mol. The Morgan fingerprint density at radius 1 is 1.26 bits per heavy atom. The Morgan fingerprint density at radius 3 is 2.89 bits per heavy atom. The zero-order valence-corrected chi connectivity index (χ0v) is 16.4. The fraction of sp³-hybridized carbons (Fsp3) is 0.500. The van der Waals surface area contributed by atoms with Crippen LogP contribution in [0.5, 0.6) is 0 Å². The van der Waals surface area contributed by atoms with Gasteiger partial charge in [-0.2, -0.15) is 4.98 Å². The first-order valence-electron chi connectivity index (χ1n) is 9.60. The van der Waals surface area contributed by atoms with Crippen molar-refractivity contribution in [3.8, 4) is 0 Å². The fourth-order valence-electron chi connectivity index (χ4n) is 4.03. The van der Waals surface area contributed by atoms with Crippen molar-refractivity contribution in [3.05, 3.63) is 46.1 Å². The van der Waals surface area contributed by atoms with Crippen molar-refractivity contribution in [2.75, 3.05) is 36.9 Å². The first-order chi connectivity index (χ1) is 13.1. The second kappa shape index (κ2) is 8.00. The summed E-state index contributed by atoms with van der Waals surface area (Å²) in [5.41, 5.74) is 9.07. The number of hydrogen-bond acceptors (Lipinski definition) is 6. The van der Waals surface area contributed by atoms with Crippen molar-refractivity contribution in [2.45, 2.75) is 38.3 Å². The molecule has 7 heteroatoms. The van der Waals surface area contributed by atoms with E-state index in [9.17, 15) is 0 Å². The fourth-order valence-corrected chi connectivity index (χ4v) is 4.35. The molecule has 1 aromatic carbocycles. The zero-order valence-electron chi connectivity index (χ0n) is 15.6. The number of nitrogens with two attached hydrogens (primary N) is 1. The van der Waals surface area contributed by atoms with Crippen molar-refractivity contribution in [1.82, 2.24) is 15.3 Å². The van der Waals surface area contributed by atoms with Crippen LogP contribution in [0.1, 0.15) is 48.2 Å². The maximum atomic E-state index is 6.74. The van der Waals surface area contributed by atoms with Crippen LogP contribution in [0, 0.1) is 6.92 Å². The lowest BCUT2D eigenvalue weighted by Gasteiger charge is -2.31. The van der Waals surface area contributed by atoms with Gasteiger partial charge in [-0.05, 0) is 49.9 Å². The largest absolute Gasteiger partial charge is 0.379 e. The van der Waals surface area contributed by atoms with E-state index < -0.39 is 0 Å². The molecule has 3 N–H and O–H groups in total. The van der Waals surface area contributed by atoms with Crippen LogP contribution in [-0.2, 0) is 4.74 Å². The van der Waals surface area contributed by atoms with Crippen LogP contribution >= 0.6 is 11.6 Å². The third-order valence-corrected chi connectivity index (χ3v) is 5.67. The van der Waals surface area contributed by atoms with Gasteiger partial charge in [0.2, 0.25) is 5.95 Å². The van der Waals surface area contributed by atoms with E-state index in [-0.39, 0.29) is 6.04 Å². The number of nitrogens with one attached hydrogen (secondary N) is 1. The molecule has 0 saturated carbocycles. The highest BCUT2D eigenvalue weighted by Gasteiger charge is 2.27. The normalized spacial score (nSPS) is 23.4. The summed E-state index contributed by atoms with van der Waals surface area (Å²) in [6.07, 6.45) is 3.30. The van der Waals surface area contributed by atoms with Gasteiger partial charge in [0.1, 0.15) is 5.82 Å². The minimum absolute atomic E-state index is 0.000660. The van der Waals surface area contributed by atoms with Crippen molar-refractivity contribution >= 4 is 23.4 Å². The van der Waals surface area contributed by atoms with Gasteiger partial charge in [0.05, 0.1) is 12.6 Å². The minimum atomic E-state index is -0.000660. The van der Waals surface area contributed by atoms with E-state index in [1.54, 1.807) is 0 Å². The van der Waals surface area contributed by atoms with E-state index in [0.29, 0.717) is 18.6 Å². The van der Waals surface area contributed by atoms with Crippen molar-refractivity contribution in [3.63, 3.8) is 0 Å². The van der Waals surface area contributed by atoms with Gasteiger partial charge in [-0.25, -0.2) is 4.98 Å². The number of halogens is 1. The number of anilines is 2. The average Bonchev–Trinajstić information content (AvgIpc) is 3.06. The van der Waals surface area contributed by atoms with E-state index in [2.05, 4.69) is 38.4 Å². The summed E-state index contributed by atoms with van der Waals surface area (Å²) in [5, 5.41) is 4.31. The Kier molecular flexibility index (Phi) is 5.48. The summed E-state index contributed by atoms with van der Waals surface area (Å²) in [6, 6.07) is 8.80. The molecule has 144 valence electrons. The number of hydrogen-bond donors (Lipinski definition) is 2. The molecule has 2 saturated heterocycles. The van der Waals surface area contributed by atoms with E-state index >= 15 is 0 Å². The number of aromatic nitrogens is 2. The smallest absolute Gasteiger partial charge is 0.222 e. The topological polar surface area (TPSA) is 76.3 Å². The SMILES string of the molecule is Cc1cc(N2CCCOC[C@@H]2c2ccc([C@@H]3CCCN3)cc2Cl)nc(N)n1. The predicted molar refractivity (Wildman–Crippen MR) is 108 cm³/mol. The predicted octanol–water partition coefficient (Wildman–Crippen LogP) is 3.41.